The van der Waals surface area contributed by atoms with Crippen molar-refractivity contribution in [1.29, 1.82) is 0 Å². The molecule has 2 rings (SSSR count). The van der Waals surface area contributed by atoms with Crippen molar-refractivity contribution in [1.82, 2.24) is 10.6 Å². The molecule has 124 valence electrons. The number of halogens is 1. The molecular weight excluding hydrogens is 348 g/mol. The average Bonchev–Trinajstić information content (AvgIpc) is 3.14. The van der Waals surface area contributed by atoms with Gasteiger partial charge >= 0.3 is 6.09 Å². The van der Waals surface area contributed by atoms with Gasteiger partial charge in [-0.05, 0) is 74.5 Å². The summed E-state index contributed by atoms with van der Waals surface area (Å²) in [4.78, 5) is 11.8. The maximum absolute atomic E-state index is 11.8. The molecule has 1 aromatic heterocycles. The molecule has 0 spiro atoms. The van der Waals surface area contributed by atoms with Gasteiger partial charge in [-0.15, -0.1) is 0 Å². The van der Waals surface area contributed by atoms with Gasteiger partial charge in [-0.3, -0.25) is 0 Å². The lowest BCUT2D eigenvalue weighted by atomic mass is 10.1. The first kappa shape index (κ1) is 17.3. The summed E-state index contributed by atoms with van der Waals surface area (Å²) in [5, 5.41) is 6.40. The molecular formula is C16H25BrN2O3. The van der Waals surface area contributed by atoms with Crippen molar-refractivity contribution in [3.8, 4) is 0 Å². The predicted molar refractivity (Wildman–Crippen MR) is 88.7 cm³/mol. The van der Waals surface area contributed by atoms with E-state index in [9.17, 15) is 4.79 Å². The van der Waals surface area contributed by atoms with E-state index in [1.165, 1.54) is 12.8 Å². The Morgan fingerprint density at radius 2 is 2.14 bits per heavy atom. The number of rotatable bonds is 6. The highest BCUT2D eigenvalue weighted by atomic mass is 79.9. The average molecular weight is 373 g/mol. The van der Waals surface area contributed by atoms with Crippen molar-refractivity contribution >= 4 is 22.0 Å². The zero-order valence-corrected chi connectivity index (χ0v) is 15.2. The number of nitrogens with one attached hydrogen (secondary N) is 2. The molecule has 0 radical (unpaired) electrons. The van der Waals surface area contributed by atoms with Crippen LogP contribution in [0.25, 0.3) is 0 Å². The first-order valence-corrected chi connectivity index (χ1v) is 8.52. The lowest BCUT2D eigenvalue weighted by Crippen LogP contribution is -2.44. The van der Waals surface area contributed by atoms with Crippen LogP contribution in [0.1, 0.15) is 52.3 Å². The van der Waals surface area contributed by atoms with Gasteiger partial charge in [0.25, 0.3) is 0 Å². The molecule has 1 aliphatic carbocycles. The molecule has 2 unspecified atom stereocenters. The number of furan rings is 1. The molecule has 2 N–H and O–H groups in total. The highest BCUT2D eigenvalue weighted by molar-refractivity contribution is 9.10. The molecule has 1 amide bonds. The second kappa shape index (κ2) is 7.04. The highest BCUT2D eigenvalue weighted by Crippen LogP contribution is 2.34. The SMILES string of the molecule is CC(NC(CNC(=O)OC(C)(C)C)C1CC1)c1ccc(Br)o1. The Balaban J connectivity index is 1.84. The number of ether oxygens (including phenoxy) is 1. The van der Waals surface area contributed by atoms with Crippen LogP contribution in [0.5, 0.6) is 0 Å². The Labute approximate surface area is 140 Å². The van der Waals surface area contributed by atoms with E-state index in [-0.39, 0.29) is 18.2 Å². The molecule has 1 fully saturated rings. The Morgan fingerprint density at radius 1 is 1.45 bits per heavy atom. The van der Waals surface area contributed by atoms with E-state index in [2.05, 4.69) is 33.5 Å². The summed E-state index contributed by atoms with van der Waals surface area (Å²) in [5.74, 6) is 1.49. The Bertz CT molecular complexity index is 506. The van der Waals surface area contributed by atoms with Crippen LogP contribution in [-0.4, -0.2) is 24.3 Å². The molecule has 1 heterocycles. The van der Waals surface area contributed by atoms with Gasteiger partial charge in [-0.25, -0.2) is 4.79 Å². The molecule has 22 heavy (non-hydrogen) atoms. The summed E-state index contributed by atoms with van der Waals surface area (Å²) in [5.41, 5.74) is -0.472. The molecule has 0 saturated heterocycles. The van der Waals surface area contributed by atoms with Crippen LogP contribution in [0, 0.1) is 5.92 Å². The summed E-state index contributed by atoms with van der Waals surface area (Å²) in [6.45, 7) is 8.21. The van der Waals surface area contributed by atoms with Crippen LogP contribution in [0.3, 0.4) is 0 Å². The highest BCUT2D eigenvalue weighted by Gasteiger charge is 2.33. The lowest BCUT2D eigenvalue weighted by Gasteiger charge is -2.24. The summed E-state index contributed by atoms with van der Waals surface area (Å²) in [6, 6.07) is 4.16. The molecule has 6 heteroatoms. The molecule has 1 saturated carbocycles. The minimum Gasteiger partial charge on any atom is -0.453 e. The van der Waals surface area contributed by atoms with E-state index in [0.29, 0.717) is 12.5 Å². The number of alkyl carbamates (subject to hydrolysis) is 1. The van der Waals surface area contributed by atoms with Crippen molar-refractivity contribution in [2.75, 3.05) is 6.54 Å². The number of carbonyl (C=O) groups is 1. The molecule has 0 bridgehead atoms. The molecule has 1 aliphatic rings. The second-order valence-corrected chi connectivity index (χ2v) is 7.64. The summed E-state index contributed by atoms with van der Waals surface area (Å²) in [7, 11) is 0. The monoisotopic (exact) mass is 372 g/mol. The molecule has 1 aromatic rings. The fourth-order valence-electron chi connectivity index (χ4n) is 2.33. The minimum absolute atomic E-state index is 0.0948. The zero-order chi connectivity index (χ0) is 16.3. The van der Waals surface area contributed by atoms with E-state index in [1.807, 2.05) is 32.9 Å². The van der Waals surface area contributed by atoms with Gasteiger partial charge in [0.15, 0.2) is 4.67 Å². The van der Waals surface area contributed by atoms with Gasteiger partial charge < -0.3 is 19.8 Å². The van der Waals surface area contributed by atoms with Crippen LogP contribution in [0.15, 0.2) is 21.2 Å². The van der Waals surface area contributed by atoms with Crippen LogP contribution < -0.4 is 10.6 Å². The quantitative estimate of drug-likeness (QED) is 0.791. The Morgan fingerprint density at radius 3 is 2.64 bits per heavy atom. The second-order valence-electron chi connectivity index (χ2n) is 6.86. The smallest absolute Gasteiger partial charge is 0.407 e. The maximum Gasteiger partial charge on any atom is 0.407 e. The summed E-state index contributed by atoms with van der Waals surface area (Å²) in [6.07, 6.45) is 2.03. The number of hydrogen-bond acceptors (Lipinski definition) is 4. The summed E-state index contributed by atoms with van der Waals surface area (Å²) < 4.78 is 11.6. The van der Waals surface area contributed by atoms with E-state index < -0.39 is 5.60 Å². The van der Waals surface area contributed by atoms with Crippen LogP contribution in [0.2, 0.25) is 0 Å². The van der Waals surface area contributed by atoms with Crippen LogP contribution >= 0.6 is 15.9 Å². The fourth-order valence-corrected chi connectivity index (χ4v) is 2.65. The van der Waals surface area contributed by atoms with E-state index in [1.54, 1.807) is 0 Å². The number of carbonyl (C=O) groups excluding carboxylic acids is 1. The Hall–Kier alpha value is -1.01. The Kier molecular flexibility index (Phi) is 5.55. The van der Waals surface area contributed by atoms with Crippen LogP contribution in [0.4, 0.5) is 4.79 Å². The van der Waals surface area contributed by atoms with Crippen molar-refractivity contribution < 1.29 is 13.9 Å². The third-order valence-electron chi connectivity index (χ3n) is 3.54. The summed E-state index contributed by atoms with van der Waals surface area (Å²) >= 11 is 3.32. The minimum atomic E-state index is -0.472. The van der Waals surface area contributed by atoms with Crippen molar-refractivity contribution in [2.24, 2.45) is 5.92 Å². The van der Waals surface area contributed by atoms with Gasteiger partial charge in [0.1, 0.15) is 11.4 Å². The molecule has 2 atom stereocenters. The molecule has 0 aliphatic heterocycles. The van der Waals surface area contributed by atoms with Crippen molar-refractivity contribution in [3.63, 3.8) is 0 Å². The first-order valence-electron chi connectivity index (χ1n) is 7.73. The van der Waals surface area contributed by atoms with Gasteiger partial charge in [0.05, 0.1) is 6.04 Å². The third-order valence-corrected chi connectivity index (χ3v) is 3.97. The number of amides is 1. The van der Waals surface area contributed by atoms with E-state index in [4.69, 9.17) is 9.15 Å². The van der Waals surface area contributed by atoms with Crippen LogP contribution in [-0.2, 0) is 4.74 Å². The first-order chi connectivity index (χ1) is 10.2. The maximum atomic E-state index is 11.8. The van der Waals surface area contributed by atoms with Gasteiger partial charge in [-0.1, -0.05) is 0 Å². The topological polar surface area (TPSA) is 63.5 Å². The molecule has 5 nitrogen and oxygen atoms in total. The van der Waals surface area contributed by atoms with E-state index >= 15 is 0 Å². The van der Waals surface area contributed by atoms with Gasteiger partial charge in [0.2, 0.25) is 0 Å². The van der Waals surface area contributed by atoms with Crippen molar-refractivity contribution in [2.45, 2.75) is 58.2 Å². The zero-order valence-electron chi connectivity index (χ0n) is 13.6. The number of hydrogen-bond donors (Lipinski definition) is 2. The lowest BCUT2D eigenvalue weighted by molar-refractivity contribution is 0.0520. The predicted octanol–water partition coefficient (Wildman–Crippen LogP) is 4.00. The van der Waals surface area contributed by atoms with E-state index in [0.717, 1.165) is 10.4 Å². The van der Waals surface area contributed by atoms with Gasteiger partial charge in [-0.2, -0.15) is 0 Å². The fraction of sp³-hybridized carbons (Fsp3) is 0.688. The van der Waals surface area contributed by atoms with Crippen molar-refractivity contribution in [3.05, 3.63) is 22.6 Å². The third kappa shape index (κ3) is 5.65. The van der Waals surface area contributed by atoms with Gasteiger partial charge in [0, 0.05) is 12.6 Å². The normalized spacial score (nSPS) is 17.9. The molecule has 0 aromatic carbocycles. The standard InChI is InChI=1S/C16H25BrN2O3/c1-10(13-7-8-14(17)21-13)19-12(11-5-6-11)9-18-15(20)22-16(2,3)4/h7-8,10-12,19H,5-6,9H2,1-4H3,(H,18,20). The largest absolute Gasteiger partial charge is 0.453 e.